The number of hydrogen-bond donors (Lipinski definition) is 2. The molecule has 0 aliphatic heterocycles. The van der Waals surface area contributed by atoms with E-state index in [4.69, 9.17) is 0 Å². The van der Waals surface area contributed by atoms with E-state index in [1.165, 1.54) is 24.3 Å². The molecule has 182 valence electrons. The van der Waals surface area contributed by atoms with Gasteiger partial charge in [0.2, 0.25) is 0 Å². The number of halogens is 3. The highest BCUT2D eigenvalue weighted by Gasteiger charge is 2.43. The molecule has 3 N–H and O–H groups in total. The number of phenols is 2. The van der Waals surface area contributed by atoms with Gasteiger partial charge in [0.05, 0.1) is 30.6 Å². The molecule has 4 aromatic rings. The van der Waals surface area contributed by atoms with Gasteiger partial charge in [-0.25, -0.2) is 0 Å². The number of aromatic hydroxyl groups is 2. The Balaban J connectivity index is 1.95. The molecule has 5 nitrogen and oxygen atoms in total. The fraction of sp³-hybridized carbons (Fsp3) is 0.0400. The molecule has 0 heterocycles. The van der Waals surface area contributed by atoms with Crippen molar-refractivity contribution in [2.75, 3.05) is 0 Å². The van der Waals surface area contributed by atoms with E-state index in [1.807, 2.05) is 0 Å². The predicted molar refractivity (Wildman–Crippen MR) is 126 cm³/mol. The van der Waals surface area contributed by atoms with Gasteiger partial charge in [-0.3, -0.25) is 3.63 Å². The maximum absolute atomic E-state index is 13.5. The Morgan fingerprint density at radius 3 is 1.40 bits per heavy atom. The molecule has 0 aliphatic rings. The van der Waals surface area contributed by atoms with Crippen LogP contribution in [-0.4, -0.2) is 22.3 Å². The molecule has 4 rings (SSSR count). The third-order valence-corrected chi connectivity index (χ3v) is 10.5. The maximum Gasteiger partial charge on any atom is 0.422 e. The van der Waals surface area contributed by atoms with Gasteiger partial charge in [0.25, 0.3) is 0 Å². The summed E-state index contributed by atoms with van der Waals surface area (Å²) in [4.78, 5) is 1.06. The lowest BCUT2D eigenvalue weighted by Gasteiger charge is -2.34. The Morgan fingerprint density at radius 2 is 0.971 bits per heavy atom. The fourth-order valence-corrected chi connectivity index (χ4v) is 8.91. The van der Waals surface area contributed by atoms with Crippen molar-refractivity contribution in [1.29, 1.82) is 0 Å². The largest absolute Gasteiger partial charge is 0.508 e. The lowest BCUT2D eigenvalue weighted by atomic mass is 10.2. The van der Waals surface area contributed by atoms with Gasteiger partial charge in [0.15, 0.2) is 0 Å². The lowest BCUT2D eigenvalue weighted by Crippen LogP contribution is -2.19. The summed E-state index contributed by atoms with van der Waals surface area (Å²) in [7, 11) is -7.39. The van der Waals surface area contributed by atoms with Crippen molar-refractivity contribution >= 4 is 20.4 Å². The van der Waals surface area contributed by atoms with E-state index in [0.29, 0.717) is 26.8 Å². The number of benzene rings is 4. The van der Waals surface area contributed by atoms with Crippen LogP contribution in [0.25, 0.3) is 0 Å². The standard InChI is InChI=1S/C25H19F3O5S2/c26-25(27,28)18-6-12-24(13-7-18)35(31,32)33-34(21-4-2-1-3-5-21,22-14-8-19(29)9-15-22)23-16-10-20(30)11-17-23/h1-17,29-30H/p+1. The topological polar surface area (TPSA) is 87.4 Å². The first-order valence-electron chi connectivity index (χ1n) is 10.2. The van der Waals surface area contributed by atoms with E-state index in [2.05, 4.69) is 3.63 Å². The van der Waals surface area contributed by atoms with Gasteiger partial charge < -0.3 is 10.2 Å². The van der Waals surface area contributed by atoms with Crippen LogP contribution in [0, 0.1) is 0 Å². The molecule has 0 saturated carbocycles. The van der Waals surface area contributed by atoms with E-state index in [0.717, 1.165) is 12.1 Å². The van der Waals surface area contributed by atoms with Crippen LogP contribution >= 0.6 is 10.3 Å². The minimum atomic E-state index is -4.61. The third-order valence-electron chi connectivity index (χ3n) is 5.13. The van der Waals surface area contributed by atoms with Crippen LogP contribution in [0.1, 0.15) is 5.56 Å². The summed E-state index contributed by atoms with van der Waals surface area (Å²) in [5.74, 6) is -0.0715. The van der Waals surface area contributed by atoms with Crippen LogP contribution in [0.3, 0.4) is 0 Å². The number of phenolic OH excluding ortho intramolecular Hbond substituents is 2. The molecule has 0 bridgehead atoms. The number of rotatable bonds is 6. The first-order chi connectivity index (χ1) is 16.5. The summed E-state index contributed by atoms with van der Waals surface area (Å²) in [6.07, 6.45) is -4.61. The van der Waals surface area contributed by atoms with Crippen LogP contribution in [-0.2, 0) is 16.3 Å². The molecule has 0 fully saturated rings. The zero-order chi connectivity index (χ0) is 25.3. The van der Waals surface area contributed by atoms with E-state index in [9.17, 15) is 31.8 Å². The quantitative estimate of drug-likeness (QED) is 0.216. The number of alkyl halides is 3. The van der Waals surface area contributed by atoms with Crippen LogP contribution in [0.4, 0.5) is 13.2 Å². The van der Waals surface area contributed by atoms with Gasteiger partial charge in [-0.2, -0.15) is 13.2 Å². The van der Waals surface area contributed by atoms with Gasteiger partial charge in [-0.05, 0) is 84.9 Å². The van der Waals surface area contributed by atoms with Crippen molar-refractivity contribution in [1.82, 2.24) is 0 Å². The Labute approximate surface area is 201 Å². The SMILES string of the molecule is O=S(=O)([OH+]S(c1ccccc1)(c1ccc(O)cc1)c1ccc(O)cc1)c1ccc(C(F)(F)F)cc1. The monoisotopic (exact) mass is 521 g/mol. The summed E-state index contributed by atoms with van der Waals surface area (Å²) < 4.78 is 70.5. The van der Waals surface area contributed by atoms with Crippen molar-refractivity contribution in [3.63, 3.8) is 0 Å². The average molecular weight is 522 g/mol. The van der Waals surface area contributed by atoms with Crippen molar-refractivity contribution in [2.24, 2.45) is 0 Å². The highest BCUT2D eigenvalue weighted by Crippen LogP contribution is 2.68. The molecule has 0 radical (unpaired) electrons. The molecular weight excluding hydrogens is 501 g/mol. The van der Waals surface area contributed by atoms with Crippen molar-refractivity contribution < 1.29 is 35.4 Å². The molecule has 0 aromatic heterocycles. The first kappa shape index (κ1) is 24.6. The van der Waals surface area contributed by atoms with Gasteiger partial charge in [0.1, 0.15) is 16.4 Å². The van der Waals surface area contributed by atoms with Crippen LogP contribution in [0.15, 0.2) is 123 Å². The molecule has 0 saturated heterocycles. The Kier molecular flexibility index (Phi) is 6.54. The molecular formula is C25H20F3O5S2+. The van der Waals surface area contributed by atoms with E-state index in [1.54, 1.807) is 54.6 Å². The second-order valence-corrected chi connectivity index (χ2v) is 12.0. The summed E-state index contributed by atoms with van der Waals surface area (Å²) in [5.41, 5.74) is -0.977. The summed E-state index contributed by atoms with van der Waals surface area (Å²) in [6, 6.07) is 23.6. The van der Waals surface area contributed by atoms with Gasteiger partial charge in [-0.1, -0.05) is 18.2 Å². The zero-order valence-corrected chi connectivity index (χ0v) is 19.6. The molecule has 0 atom stereocenters. The van der Waals surface area contributed by atoms with E-state index < -0.39 is 37.1 Å². The van der Waals surface area contributed by atoms with Crippen LogP contribution in [0.5, 0.6) is 11.5 Å². The highest BCUT2D eigenvalue weighted by atomic mass is 32.3. The van der Waals surface area contributed by atoms with Crippen molar-refractivity contribution in [3.8, 4) is 11.5 Å². The second-order valence-electron chi connectivity index (χ2n) is 7.45. The third kappa shape index (κ3) is 5.00. The molecule has 35 heavy (non-hydrogen) atoms. The summed E-state index contributed by atoms with van der Waals surface area (Å²) in [6.45, 7) is 0. The Morgan fingerprint density at radius 1 is 0.571 bits per heavy atom. The van der Waals surface area contributed by atoms with Crippen LogP contribution in [0.2, 0.25) is 0 Å². The molecule has 0 spiro atoms. The number of hydrogen-bond acceptors (Lipinski definition) is 4. The fourth-order valence-electron chi connectivity index (χ4n) is 3.45. The summed E-state index contributed by atoms with van der Waals surface area (Å²) in [5, 5.41) is 19.7. The highest BCUT2D eigenvalue weighted by molar-refractivity contribution is 8.32. The van der Waals surface area contributed by atoms with Crippen LogP contribution < -0.4 is 0 Å². The molecule has 0 aliphatic carbocycles. The molecule has 10 heteroatoms. The van der Waals surface area contributed by atoms with Gasteiger partial charge in [-0.15, -0.1) is 8.42 Å². The minimum Gasteiger partial charge on any atom is -0.508 e. The normalized spacial score (nSPS) is 12.9. The van der Waals surface area contributed by atoms with E-state index >= 15 is 0 Å². The van der Waals surface area contributed by atoms with Crippen molar-refractivity contribution in [3.05, 3.63) is 109 Å². The molecule has 0 unspecified atom stereocenters. The first-order valence-corrected chi connectivity index (χ1v) is 13.2. The maximum atomic E-state index is 13.5. The second kappa shape index (κ2) is 9.29. The smallest absolute Gasteiger partial charge is 0.422 e. The minimum absolute atomic E-state index is 0.0357. The average Bonchev–Trinajstić information content (AvgIpc) is 2.84. The molecule has 0 amide bonds. The van der Waals surface area contributed by atoms with E-state index in [-0.39, 0.29) is 11.5 Å². The Bertz CT molecular complexity index is 1360. The predicted octanol–water partition coefficient (Wildman–Crippen LogP) is 6.80. The van der Waals surface area contributed by atoms with Gasteiger partial charge in [0, 0.05) is 0 Å². The molecule has 4 aromatic carbocycles. The lowest BCUT2D eigenvalue weighted by molar-refractivity contribution is -0.137. The van der Waals surface area contributed by atoms with Crippen molar-refractivity contribution in [2.45, 2.75) is 25.8 Å². The summed E-state index contributed by atoms with van der Waals surface area (Å²) >= 11 is 0. The zero-order valence-electron chi connectivity index (χ0n) is 17.9. The Hall–Kier alpha value is -3.47. The van der Waals surface area contributed by atoms with Gasteiger partial charge >= 0.3 is 16.3 Å².